The first-order valence-corrected chi connectivity index (χ1v) is 11.4. The van der Waals surface area contributed by atoms with Gasteiger partial charge in [-0.2, -0.15) is 13.2 Å². The van der Waals surface area contributed by atoms with Gasteiger partial charge in [0.2, 0.25) is 5.91 Å². The summed E-state index contributed by atoms with van der Waals surface area (Å²) in [6, 6.07) is 12.7. The SMILES string of the molecule is O=C(Cn1c(=O)[nH]c2ccccc21)NCCCCN1CCN(c2cccc(C(F)(F)F)c2)CC1. The van der Waals surface area contributed by atoms with Gasteiger partial charge in [-0.25, -0.2) is 4.79 Å². The van der Waals surface area contributed by atoms with Crippen molar-refractivity contribution < 1.29 is 18.0 Å². The minimum absolute atomic E-state index is 0.0274. The van der Waals surface area contributed by atoms with Crippen LogP contribution >= 0.6 is 0 Å². The van der Waals surface area contributed by atoms with Crippen molar-refractivity contribution in [3.63, 3.8) is 0 Å². The number of halogens is 3. The zero-order valence-corrected chi connectivity index (χ0v) is 18.8. The van der Waals surface area contributed by atoms with E-state index in [1.165, 1.54) is 16.7 Å². The van der Waals surface area contributed by atoms with Crippen LogP contribution in [-0.2, 0) is 17.5 Å². The summed E-state index contributed by atoms with van der Waals surface area (Å²) >= 11 is 0. The van der Waals surface area contributed by atoms with E-state index in [1.807, 2.05) is 17.0 Å². The maximum absolute atomic E-state index is 13.0. The minimum atomic E-state index is -4.33. The van der Waals surface area contributed by atoms with Crippen LogP contribution in [0.1, 0.15) is 18.4 Å². The number of aromatic nitrogens is 2. The molecule has 2 heterocycles. The summed E-state index contributed by atoms with van der Waals surface area (Å²) in [5.74, 6) is -0.207. The number of amides is 1. The van der Waals surface area contributed by atoms with Crippen molar-refractivity contribution in [3.05, 3.63) is 64.6 Å². The van der Waals surface area contributed by atoms with E-state index in [2.05, 4.69) is 15.2 Å². The Hall–Kier alpha value is -3.27. The molecule has 4 rings (SSSR count). The lowest BCUT2D eigenvalue weighted by molar-refractivity contribution is -0.137. The maximum Gasteiger partial charge on any atom is 0.416 e. The second kappa shape index (κ2) is 10.3. The largest absolute Gasteiger partial charge is 0.416 e. The van der Waals surface area contributed by atoms with Crippen molar-refractivity contribution in [1.29, 1.82) is 0 Å². The minimum Gasteiger partial charge on any atom is -0.369 e. The Morgan fingerprint density at radius 1 is 1.00 bits per heavy atom. The van der Waals surface area contributed by atoms with E-state index in [4.69, 9.17) is 0 Å². The van der Waals surface area contributed by atoms with Crippen molar-refractivity contribution in [3.8, 4) is 0 Å². The number of unbranched alkanes of at least 4 members (excludes halogenated alkanes) is 1. The van der Waals surface area contributed by atoms with Crippen molar-refractivity contribution in [2.45, 2.75) is 25.6 Å². The lowest BCUT2D eigenvalue weighted by Crippen LogP contribution is -2.46. The summed E-state index contributed by atoms with van der Waals surface area (Å²) in [4.78, 5) is 31.3. The molecular weight excluding hydrogens is 447 g/mol. The average Bonchev–Trinajstić information content (AvgIpc) is 3.13. The summed E-state index contributed by atoms with van der Waals surface area (Å²) < 4.78 is 40.3. The zero-order valence-electron chi connectivity index (χ0n) is 18.8. The Bertz CT molecular complexity index is 1180. The first-order valence-electron chi connectivity index (χ1n) is 11.4. The molecule has 7 nitrogen and oxygen atoms in total. The van der Waals surface area contributed by atoms with E-state index in [0.29, 0.717) is 36.4 Å². The number of anilines is 1. The molecule has 0 spiro atoms. The van der Waals surface area contributed by atoms with E-state index >= 15 is 0 Å². The monoisotopic (exact) mass is 475 g/mol. The van der Waals surface area contributed by atoms with Crippen LogP contribution in [0.2, 0.25) is 0 Å². The molecule has 2 aromatic carbocycles. The number of benzene rings is 2. The fourth-order valence-corrected chi connectivity index (χ4v) is 4.26. The highest BCUT2D eigenvalue weighted by atomic mass is 19.4. The molecule has 3 aromatic rings. The first kappa shape index (κ1) is 23.9. The van der Waals surface area contributed by atoms with Crippen LogP contribution in [0.15, 0.2) is 53.3 Å². The van der Waals surface area contributed by atoms with Gasteiger partial charge >= 0.3 is 11.9 Å². The van der Waals surface area contributed by atoms with Crippen LogP contribution in [0.25, 0.3) is 11.0 Å². The van der Waals surface area contributed by atoms with E-state index in [9.17, 15) is 22.8 Å². The normalized spacial score (nSPS) is 15.1. The van der Waals surface area contributed by atoms with Gasteiger partial charge in [-0.05, 0) is 49.7 Å². The number of piperazine rings is 1. The van der Waals surface area contributed by atoms with E-state index in [0.717, 1.165) is 38.5 Å². The molecule has 0 bridgehead atoms. The molecule has 0 saturated carbocycles. The Labute approximate surface area is 195 Å². The number of nitrogens with zero attached hydrogens (tertiary/aromatic N) is 3. The molecule has 34 heavy (non-hydrogen) atoms. The molecule has 1 aliphatic rings. The second-order valence-electron chi connectivity index (χ2n) is 8.47. The second-order valence-corrected chi connectivity index (χ2v) is 8.47. The Morgan fingerprint density at radius 2 is 1.76 bits per heavy atom. The molecule has 1 amide bonds. The van der Waals surface area contributed by atoms with E-state index < -0.39 is 11.7 Å². The van der Waals surface area contributed by atoms with Crippen molar-refractivity contribution in [2.24, 2.45) is 0 Å². The summed E-state index contributed by atoms with van der Waals surface area (Å²) in [6.07, 6.45) is -2.63. The molecule has 1 fully saturated rings. The van der Waals surface area contributed by atoms with Gasteiger partial charge in [0, 0.05) is 38.4 Å². The van der Waals surface area contributed by atoms with Gasteiger partial charge in [0.1, 0.15) is 6.54 Å². The Kier molecular flexibility index (Phi) is 7.26. The summed E-state index contributed by atoms with van der Waals surface area (Å²) in [7, 11) is 0. The fraction of sp³-hybridized carbons (Fsp3) is 0.417. The van der Waals surface area contributed by atoms with Crippen LogP contribution in [0.5, 0.6) is 0 Å². The molecule has 10 heteroatoms. The first-order chi connectivity index (χ1) is 16.3. The number of imidazole rings is 1. The predicted octanol–water partition coefficient (Wildman–Crippen LogP) is 3.07. The van der Waals surface area contributed by atoms with Gasteiger partial charge in [-0.15, -0.1) is 0 Å². The molecule has 182 valence electrons. The molecule has 0 radical (unpaired) electrons. The Balaban J connectivity index is 1.15. The van der Waals surface area contributed by atoms with Gasteiger partial charge in [0.15, 0.2) is 0 Å². The topological polar surface area (TPSA) is 73.4 Å². The smallest absolute Gasteiger partial charge is 0.369 e. The van der Waals surface area contributed by atoms with Crippen LogP contribution in [0.4, 0.5) is 18.9 Å². The van der Waals surface area contributed by atoms with Crippen LogP contribution in [0.3, 0.4) is 0 Å². The average molecular weight is 476 g/mol. The standard InChI is InChI=1S/C24H28F3N5O2/c25-24(26,27)18-6-5-7-19(16-18)31-14-12-30(13-15-31)11-4-3-10-28-22(33)17-32-21-9-2-1-8-20(21)29-23(32)34/h1-2,5-9,16H,3-4,10-15,17H2,(H,28,33)(H,29,34). The van der Waals surface area contributed by atoms with Gasteiger partial charge in [0.25, 0.3) is 0 Å². The van der Waals surface area contributed by atoms with Crippen LogP contribution in [-0.4, -0.2) is 59.6 Å². The van der Waals surface area contributed by atoms with Crippen LogP contribution in [0, 0.1) is 0 Å². The lowest BCUT2D eigenvalue weighted by atomic mass is 10.1. The molecular formula is C24H28F3N5O2. The molecule has 1 aromatic heterocycles. The number of carbonyl (C=O) groups is 1. The Morgan fingerprint density at radius 3 is 2.53 bits per heavy atom. The molecule has 0 aliphatic carbocycles. The highest BCUT2D eigenvalue weighted by Gasteiger charge is 2.31. The lowest BCUT2D eigenvalue weighted by Gasteiger charge is -2.36. The molecule has 0 atom stereocenters. The van der Waals surface area contributed by atoms with Gasteiger partial charge in [-0.3, -0.25) is 14.3 Å². The van der Waals surface area contributed by atoms with Gasteiger partial charge in [-0.1, -0.05) is 18.2 Å². The number of hydrogen-bond donors (Lipinski definition) is 2. The number of rotatable bonds is 8. The van der Waals surface area contributed by atoms with Crippen molar-refractivity contribution in [2.75, 3.05) is 44.2 Å². The molecule has 2 N–H and O–H groups in total. The van der Waals surface area contributed by atoms with Crippen molar-refractivity contribution >= 4 is 22.6 Å². The van der Waals surface area contributed by atoms with E-state index in [-0.39, 0.29) is 18.1 Å². The van der Waals surface area contributed by atoms with Crippen LogP contribution < -0.4 is 15.9 Å². The van der Waals surface area contributed by atoms with Crippen molar-refractivity contribution in [1.82, 2.24) is 19.8 Å². The quantitative estimate of drug-likeness (QED) is 0.492. The molecule has 1 aliphatic heterocycles. The summed E-state index contributed by atoms with van der Waals surface area (Å²) in [6.45, 7) is 4.29. The number of nitrogens with one attached hydrogen (secondary N) is 2. The number of fused-ring (bicyclic) bond motifs is 1. The number of aromatic amines is 1. The molecule has 0 unspecified atom stereocenters. The predicted molar refractivity (Wildman–Crippen MR) is 125 cm³/mol. The maximum atomic E-state index is 13.0. The highest BCUT2D eigenvalue weighted by Crippen LogP contribution is 2.31. The highest BCUT2D eigenvalue weighted by molar-refractivity contribution is 5.80. The third-order valence-corrected chi connectivity index (χ3v) is 6.12. The number of hydrogen-bond acceptors (Lipinski definition) is 4. The summed E-state index contributed by atoms with van der Waals surface area (Å²) in [5.41, 5.74) is 1.08. The molecule has 1 saturated heterocycles. The third kappa shape index (κ3) is 5.80. The number of H-pyrrole nitrogens is 1. The van der Waals surface area contributed by atoms with Gasteiger partial charge < -0.3 is 15.2 Å². The number of para-hydroxylation sites is 2. The third-order valence-electron chi connectivity index (χ3n) is 6.12. The zero-order chi connectivity index (χ0) is 24.1. The van der Waals surface area contributed by atoms with E-state index in [1.54, 1.807) is 18.2 Å². The number of alkyl halides is 3. The number of carbonyl (C=O) groups excluding carboxylic acids is 1. The van der Waals surface area contributed by atoms with Gasteiger partial charge in [0.05, 0.1) is 16.6 Å². The fourth-order valence-electron chi connectivity index (χ4n) is 4.26. The summed E-state index contributed by atoms with van der Waals surface area (Å²) in [5, 5.41) is 2.87.